The van der Waals surface area contributed by atoms with Crippen LogP contribution in [0.5, 0.6) is 5.75 Å². The SMILES string of the molecule is COc1ccc(-c2n[nH]c(CNC(=O)CN(C)S(=O)(=O)c3ccc(C#N)cc3)n2)cc1. The van der Waals surface area contributed by atoms with E-state index in [-0.39, 0.29) is 18.0 Å². The van der Waals surface area contributed by atoms with E-state index >= 15 is 0 Å². The van der Waals surface area contributed by atoms with Gasteiger partial charge in [-0.05, 0) is 48.5 Å². The van der Waals surface area contributed by atoms with Gasteiger partial charge in [0.1, 0.15) is 11.6 Å². The number of likely N-dealkylation sites (N-methyl/N-ethyl adjacent to an activating group) is 1. The lowest BCUT2D eigenvalue weighted by atomic mass is 10.2. The van der Waals surface area contributed by atoms with Gasteiger partial charge in [0, 0.05) is 12.6 Å². The zero-order valence-electron chi connectivity index (χ0n) is 16.9. The number of hydrogen-bond donors (Lipinski definition) is 2. The molecular weight excluding hydrogens is 420 g/mol. The van der Waals surface area contributed by atoms with Crippen molar-refractivity contribution < 1.29 is 17.9 Å². The first-order chi connectivity index (χ1) is 14.8. The molecule has 0 bridgehead atoms. The highest BCUT2D eigenvalue weighted by atomic mass is 32.2. The third-order valence-electron chi connectivity index (χ3n) is 4.39. The number of sulfonamides is 1. The predicted molar refractivity (Wildman–Crippen MR) is 111 cm³/mol. The molecule has 0 unspecified atom stereocenters. The van der Waals surface area contributed by atoms with Crippen LogP contribution in [-0.4, -0.2) is 54.5 Å². The molecule has 1 heterocycles. The van der Waals surface area contributed by atoms with Gasteiger partial charge >= 0.3 is 0 Å². The molecule has 0 saturated heterocycles. The molecular formula is C20H20N6O4S. The Balaban J connectivity index is 1.57. The van der Waals surface area contributed by atoms with Crippen LogP contribution in [0.1, 0.15) is 11.4 Å². The molecule has 0 aliphatic carbocycles. The Kier molecular flexibility index (Phi) is 6.64. The standard InChI is InChI=1S/C20H20N6O4S/c1-26(31(28,29)17-9-3-14(11-21)4-10-17)13-19(27)22-12-18-23-20(25-24-18)15-5-7-16(30-2)8-6-15/h3-10H,12-13H2,1-2H3,(H,22,27)(H,23,24,25). The van der Waals surface area contributed by atoms with Crippen LogP contribution < -0.4 is 10.1 Å². The first-order valence-electron chi connectivity index (χ1n) is 9.12. The zero-order valence-corrected chi connectivity index (χ0v) is 17.7. The molecule has 2 aromatic carbocycles. The van der Waals surface area contributed by atoms with E-state index in [4.69, 9.17) is 10.00 Å². The summed E-state index contributed by atoms with van der Waals surface area (Å²) < 4.78 is 31.2. The fourth-order valence-electron chi connectivity index (χ4n) is 2.65. The number of benzene rings is 2. The fraction of sp³-hybridized carbons (Fsp3) is 0.200. The number of methoxy groups -OCH3 is 1. The van der Waals surface area contributed by atoms with Crippen molar-refractivity contribution >= 4 is 15.9 Å². The fourth-order valence-corrected chi connectivity index (χ4v) is 3.78. The molecule has 3 aromatic rings. The molecule has 0 spiro atoms. The molecule has 0 fully saturated rings. The Bertz CT molecular complexity index is 1200. The van der Waals surface area contributed by atoms with Crippen LogP contribution >= 0.6 is 0 Å². The summed E-state index contributed by atoms with van der Waals surface area (Å²) in [5.74, 6) is 1.11. The molecule has 1 aromatic heterocycles. The van der Waals surface area contributed by atoms with E-state index in [1.165, 1.54) is 31.3 Å². The summed E-state index contributed by atoms with van der Waals surface area (Å²) in [4.78, 5) is 16.5. The van der Waals surface area contributed by atoms with Gasteiger partial charge in [-0.1, -0.05) is 0 Å². The van der Waals surface area contributed by atoms with Crippen LogP contribution in [0, 0.1) is 11.3 Å². The highest BCUT2D eigenvalue weighted by molar-refractivity contribution is 7.89. The highest BCUT2D eigenvalue weighted by Crippen LogP contribution is 2.19. The van der Waals surface area contributed by atoms with Crippen LogP contribution in [0.2, 0.25) is 0 Å². The first kappa shape index (κ1) is 21.9. The molecule has 31 heavy (non-hydrogen) atoms. The van der Waals surface area contributed by atoms with E-state index in [0.717, 1.165) is 9.87 Å². The Morgan fingerprint density at radius 2 is 1.87 bits per heavy atom. The highest BCUT2D eigenvalue weighted by Gasteiger charge is 2.23. The number of carbonyl (C=O) groups excluding carboxylic acids is 1. The second-order valence-corrected chi connectivity index (χ2v) is 8.55. The Morgan fingerprint density at radius 1 is 1.19 bits per heavy atom. The van der Waals surface area contributed by atoms with Crippen molar-refractivity contribution in [2.24, 2.45) is 0 Å². The second-order valence-electron chi connectivity index (χ2n) is 6.51. The van der Waals surface area contributed by atoms with Crippen LogP contribution in [0.25, 0.3) is 11.4 Å². The van der Waals surface area contributed by atoms with Crippen molar-refractivity contribution in [2.45, 2.75) is 11.4 Å². The van der Waals surface area contributed by atoms with Crippen molar-refractivity contribution in [2.75, 3.05) is 20.7 Å². The van der Waals surface area contributed by atoms with E-state index in [1.807, 2.05) is 18.2 Å². The number of hydrogen-bond acceptors (Lipinski definition) is 7. The quantitative estimate of drug-likeness (QED) is 0.537. The molecule has 0 saturated carbocycles. The minimum absolute atomic E-state index is 0.00108. The van der Waals surface area contributed by atoms with Gasteiger partial charge in [0.15, 0.2) is 5.82 Å². The van der Waals surface area contributed by atoms with Crippen LogP contribution in [0.4, 0.5) is 0 Å². The maximum atomic E-state index is 12.6. The molecule has 10 nitrogen and oxygen atoms in total. The molecule has 11 heteroatoms. The van der Waals surface area contributed by atoms with Crippen molar-refractivity contribution in [1.29, 1.82) is 5.26 Å². The zero-order chi connectivity index (χ0) is 22.4. The van der Waals surface area contributed by atoms with Crippen molar-refractivity contribution in [3.63, 3.8) is 0 Å². The lowest BCUT2D eigenvalue weighted by Gasteiger charge is -2.16. The van der Waals surface area contributed by atoms with Gasteiger partial charge in [0.2, 0.25) is 15.9 Å². The van der Waals surface area contributed by atoms with Crippen LogP contribution in [-0.2, 0) is 21.4 Å². The molecule has 0 aliphatic rings. The number of H-pyrrole nitrogens is 1. The lowest BCUT2D eigenvalue weighted by molar-refractivity contribution is -0.121. The molecule has 0 atom stereocenters. The van der Waals surface area contributed by atoms with Crippen LogP contribution in [0.3, 0.4) is 0 Å². The van der Waals surface area contributed by atoms with Gasteiger partial charge in [-0.25, -0.2) is 13.4 Å². The number of ether oxygens (including phenoxy) is 1. The number of rotatable bonds is 8. The number of aromatic nitrogens is 3. The van der Waals surface area contributed by atoms with Gasteiger partial charge in [-0.3, -0.25) is 9.89 Å². The molecule has 0 aliphatic heterocycles. The van der Waals surface area contributed by atoms with Gasteiger partial charge in [0.25, 0.3) is 0 Å². The Morgan fingerprint density at radius 3 is 2.48 bits per heavy atom. The van der Waals surface area contributed by atoms with E-state index in [9.17, 15) is 13.2 Å². The third kappa shape index (κ3) is 5.25. The number of nitriles is 1. The van der Waals surface area contributed by atoms with E-state index < -0.39 is 15.9 Å². The number of nitrogens with zero attached hydrogens (tertiary/aromatic N) is 4. The average molecular weight is 440 g/mol. The third-order valence-corrected chi connectivity index (χ3v) is 6.21. The molecule has 1 amide bonds. The molecule has 3 rings (SSSR count). The van der Waals surface area contributed by atoms with Gasteiger partial charge in [-0.15, -0.1) is 0 Å². The van der Waals surface area contributed by atoms with E-state index in [1.54, 1.807) is 19.2 Å². The van der Waals surface area contributed by atoms with Gasteiger partial charge < -0.3 is 10.1 Å². The summed E-state index contributed by atoms with van der Waals surface area (Å²) in [5.41, 5.74) is 1.13. The van der Waals surface area contributed by atoms with E-state index in [0.29, 0.717) is 23.0 Å². The summed E-state index contributed by atoms with van der Waals surface area (Å²) in [5, 5.41) is 18.3. The monoisotopic (exact) mass is 440 g/mol. The van der Waals surface area contributed by atoms with E-state index in [2.05, 4.69) is 20.5 Å². The first-order valence-corrected chi connectivity index (χ1v) is 10.6. The van der Waals surface area contributed by atoms with Crippen LogP contribution in [0.15, 0.2) is 53.4 Å². The summed E-state index contributed by atoms with van der Waals surface area (Å²) in [7, 11) is -0.975. The summed E-state index contributed by atoms with van der Waals surface area (Å²) >= 11 is 0. The van der Waals surface area contributed by atoms with Crippen molar-refractivity contribution in [3.8, 4) is 23.2 Å². The lowest BCUT2D eigenvalue weighted by Crippen LogP contribution is -2.38. The smallest absolute Gasteiger partial charge is 0.243 e. The normalized spacial score (nSPS) is 11.2. The maximum absolute atomic E-state index is 12.6. The largest absolute Gasteiger partial charge is 0.497 e. The minimum Gasteiger partial charge on any atom is -0.497 e. The molecule has 0 radical (unpaired) electrons. The number of nitrogens with one attached hydrogen (secondary N) is 2. The van der Waals surface area contributed by atoms with Gasteiger partial charge in [0.05, 0.1) is 36.7 Å². The van der Waals surface area contributed by atoms with Crippen molar-refractivity contribution in [3.05, 3.63) is 59.9 Å². The predicted octanol–water partition coefficient (Wildman–Crippen LogP) is 1.29. The Labute approximate surface area is 179 Å². The number of aromatic amines is 1. The van der Waals surface area contributed by atoms with Gasteiger partial charge in [-0.2, -0.15) is 14.7 Å². The molecule has 2 N–H and O–H groups in total. The maximum Gasteiger partial charge on any atom is 0.243 e. The summed E-state index contributed by atoms with van der Waals surface area (Å²) in [6.07, 6.45) is 0. The Hall–Kier alpha value is -3.75. The number of amides is 1. The number of carbonyl (C=O) groups is 1. The average Bonchev–Trinajstić information content (AvgIpc) is 3.27. The summed E-state index contributed by atoms with van der Waals surface area (Å²) in [6, 6.07) is 14.6. The summed E-state index contributed by atoms with van der Waals surface area (Å²) in [6.45, 7) is -0.311. The second kappa shape index (κ2) is 9.38. The van der Waals surface area contributed by atoms with Crippen molar-refractivity contribution in [1.82, 2.24) is 24.8 Å². The molecule has 160 valence electrons. The minimum atomic E-state index is -3.86. The topological polar surface area (TPSA) is 141 Å².